The van der Waals surface area contributed by atoms with Gasteiger partial charge in [-0.3, -0.25) is 23.5 Å². The lowest BCUT2D eigenvalue weighted by atomic mass is 9.94. The lowest BCUT2D eigenvalue weighted by Gasteiger charge is -2.29. The summed E-state index contributed by atoms with van der Waals surface area (Å²) in [4.78, 5) is 53.9. The van der Waals surface area contributed by atoms with Crippen molar-refractivity contribution in [1.29, 1.82) is 0 Å². The monoisotopic (exact) mass is 419 g/mol. The van der Waals surface area contributed by atoms with Gasteiger partial charge in [-0.2, -0.15) is 0 Å². The number of fused-ring (bicyclic) bond motifs is 3. The Morgan fingerprint density at radius 1 is 1.10 bits per heavy atom. The van der Waals surface area contributed by atoms with Crippen molar-refractivity contribution in [3.05, 3.63) is 31.3 Å². The maximum atomic E-state index is 13.2. The normalized spacial score (nSPS) is 18.2. The molecule has 0 aromatic carbocycles. The molecule has 1 fully saturated rings. The van der Waals surface area contributed by atoms with Crippen LogP contribution in [0.4, 0.5) is 0 Å². The molecule has 29 heavy (non-hydrogen) atoms. The number of aromatic nitrogens is 2. The van der Waals surface area contributed by atoms with Crippen LogP contribution in [0.15, 0.2) is 9.59 Å². The van der Waals surface area contributed by atoms with Crippen LogP contribution in [-0.4, -0.2) is 44.4 Å². The van der Waals surface area contributed by atoms with Crippen LogP contribution in [0.1, 0.15) is 44.1 Å². The molecule has 1 amide bonds. The van der Waals surface area contributed by atoms with Crippen molar-refractivity contribution in [3.63, 3.8) is 0 Å². The molecule has 0 saturated carbocycles. The summed E-state index contributed by atoms with van der Waals surface area (Å²) in [6.07, 6.45) is 2.45. The molecule has 0 radical (unpaired) electrons. The number of Topliss-reactive ketones (excluding diaryl/α,β-unsaturated/α-hetero) is 1. The Morgan fingerprint density at radius 2 is 1.79 bits per heavy atom. The molecule has 2 aliphatic heterocycles. The molecule has 0 bridgehead atoms. The second-order valence-electron chi connectivity index (χ2n) is 8.46. The summed E-state index contributed by atoms with van der Waals surface area (Å²) < 4.78 is 8.21. The van der Waals surface area contributed by atoms with Gasteiger partial charge in [-0.15, -0.1) is 11.3 Å². The molecular weight excluding hydrogens is 394 g/mol. The molecule has 1 saturated heterocycles. The van der Waals surface area contributed by atoms with E-state index >= 15 is 0 Å². The number of rotatable bonds is 4. The van der Waals surface area contributed by atoms with Gasteiger partial charge >= 0.3 is 5.69 Å². The van der Waals surface area contributed by atoms with Gasteiger partial charge in [0.05, 0.1) is 24.1 Å². The van der Waals surface area contributed by atoms with Crippen molar-refractivity contribution in [2.75, 3.05) is 13.1 Å². The van der Waals surface area contributed by atoms with E-state index in [4.69, 9.17) is 4.74 Å². The summed E-state index contributed by atoms with van der Waals surface area (Å²) in [6, 6.07) is 0. The molecule has 4 heterocycles. The third-order valence-electron chi connectivity index (χ3n) is 5.57. The van der Waals surface area contributed by atoms with Crippen molar-refractivity contribution in [2.45, 2.75) is 65.3 Å². The van der Waals surface area contributed by atoms with Gasteiger partial charge < -0.3 is 9.64 Å². The van der Waals surface area contributed by atoms with Crippen LogP contribution in [0, 0.1) is 0 Å². The summed E-state index contributed by atoms with van der Waals surface area (Å²) in [6.45, 7) is 6.57. The molecule has 8 nitrogen and oxygen atoms in total. The first-order valence-corrected chi connectivity index (χ1v) is 10.7. The van der Waals surface area contributed by atoms with Crippen LogP contribution < -0.4 is 11.2 Å². The Hall–Kier alpha value is -2.26. The third-order valence-corrected chi connectivity index (χ3v) is 6.80. The number of ketones is 1. The minimum Gasteiger partial charge on any atom is -0.370 e. The number of nitrogens with zero attached hydrogens (tertiary/aromatic N) is 3. The van der Waals surface area contributed by atoms with Crippen LogP contribution in [0.3, 0.4) is 0 Å². The Morgan fingerprint density at radius 3 is 2.45 bits per heavy atom. The molecule has 0 aliphatic carbocycles. The van der Waals surface area contributed by atoms with Crippen LogP contribution >= 0.6 is 11.3 Å². The fourth-order valence-electron chi connectivity index (χ4n) is 4.11. The zero-order chi connectivity index (χ0) is 20.9. The van der Waals surface area contributed by atoms with Gasteiger partial charge in [0.2, 0.25) is 5.91 Å². The molecular formula is C20H25N3O5S. The quantitative estimate of drug-likeness (QED) is 0.745. The van der Waals surface area contributed by atoms with E-state index in [1.54, 1.807) is 4.90 Å². The summed E-state index contributed by atoms with van der Waals surface area (Å²) >= 11 is 1.34. The van der Waals surface area contributed by atoms with E-state index in [-0.39, 0.29) is 24.8 Å². The Bertz CT molecular complexity index is 1120. The third kappa shape index (κ3) is 3.57. The highest BCUT2D eigenvalue weighted by Crippen LogP contribution is 2.37. The average Bonchev–Trinajstić information content (AvgIpc) is 3.29. The lowest BCUT2D eigenvalue weighted by molar-refractivity contribution is -0.130. The summed E-state index contributed by atoms with van der Waals surface area (Å²) in [5, 5.41) is 0.441. The van der Waals surface area contributed by atoms with Gasteiger partial charge in [-0.25, -0.2) is 4.79 Å². The highest BCUT2D eigenvalue weighted by molar-refractivity contribution is 7.18. The van der Waals surface area contributed by atoms with Crippen molar-refractivity contribution in [1.82, 2.24) is 14.0 Å². The minimum absolute atomic E-state index is 0.128. The first-order chi connectivity index (χ1) is 13.7. The molecule has 0 spiro atoms. The molecule has 4 rings (SSSR count). The molecule has 2 aromatic heterocycles. The number of ether oxygens (including phenoxy) is 1. The van der Waals surface area contributed by atoms with Crippen molar-refractivity contribution < 1.29 is 14.3 Å². The molecule has 2 aromatic rings. The second-order valence-corrected chi connectivity index (χ2v) is 9.54. The smallest absolute Gasteiger partial charge is 0.333 e. The molecule has 156 valence electrons. The minimum atomic E-state index is -0.607. The highest BCUT2D eigenvalue weighted by Gasteiger charge is 2.32. The predicted octanol–water partition coefficient (Wildman–Crippen LogP) is 1.29. The van der Waals surface area contributed by atoms with Gasteiger partial charge in [-0.05, 0) is 39.2 Å². The number of hydrogen-bond acceptors (Lipinski definition) is 6. The number of thiophene rings is 1. The number of hydrogen-bond donors (Lipinski definition) is 0. The standard InChI is InChI=1S/C20H25N3O5S/c1-12(24)9-22-17(26)16-13-8-20(2,3)28-11-14(13)29-18(16)23(19(22)27)10-15(25)21-6-4-5-7-21/h4-11H2,1-3H3. The molecule has 0 atom stereocenters. The van der Waals surface area contributed by atoms with E-state index in [0.717, 1.165) is 27.8 Å². The van der Waals surface area contributed by atoms with Gasteiger partial charge in [0.1, 0.15) is 17.2 Å². The van der Waals surface area contributed by atoms with Crippen LogP contribution in [0.5, 0.6) is 0 Å². The maximum absolute atomic E-state index is 13.2. The van der Waals surface area contributed by atoms with E-state index in [1.165, 1.54) is 22.8 Å². The number of amides is 1. The molecule has 9 heteroatoms. The van der Waals surface area contributed by atoms with E-state index < -0.39 is 16.9 Å². The second kappa shape index (κ2) is 7.21. The highest BCUT2D eigenvalue weighted by atomic mass is 32.1. The number of carbonyl (C=O) groups excluding carboxylic acids is 2. The lowest BCUT2D eigenvalue weighted by Crippen LogP contribution is -2.44. The fraction of sp³-hybridized carbons (Fsp3) is 0.600. The predicted molar refractivity (Wildman–Crippen MR) is 109 cm³/mol. The maximum Gasteiger partial charge on any atom is 0.333 e. The molecule has 0 unspecified atom stereocenters. The summed E-state index contributed by atoms with van der Waals surface area (Å²) in [7, 11) is 0. The summed E-state index contributed by atoms with van der Waals surface area (Å²) in [5.74, 6) is -0.421. The van der Waals surface area contributed by atoms with Gasteiger partial charge in [-0.1, -0.05) is 0 Å². The molecule has 0 N–H and O–H groups in total. The first-order valence-electron chi connectivity index (χ1n) is 9.87. The topological polar surface area (TPSA) is 90.6 Å². The van der Waals surface area contributed by atoms with E-state index in [9.17, 15) is 19.2 Å². The van der Waals surface area contributed by atoms with E-state index in [1.807, 2.05) is 13.8 Å². The summed E-state index contributed by atoms with van der Waals surface area (Å²) in [5.41, 5.74) is -0.624. The zero-order valence-electron chi connectivity index (χ0n) is 16.9. The SMILES string of the molecule is CC(=O)Cn1c(=O)c2c3c(sc2n(CC(=O)N2CCCC2)c1=O)COC(C)(C)C3. The van der Waals surface area contributed by atoms with Crippen LogP contribution in [0.25, 0.3) is 10.2 Å². The van der Waals surface area contributed by atoms with Gasteiger partial charge in [0.25, 0.3) is 5.56 Å². The number of likely N-dealkylation sites (tertiary alicyclic amines) is 1. The van der Waals surface area contributed by atoms with Gasteiger partial charge in [0.15, 0.2) is 0 Å². The van der Waals surface area contributed by atoms with Crippen LogP contribution in [-0.2, 0) is 40.4 Å². The Kier molecular flexibility index (Phi) is 4.98. The molecule has 2 aliphatic rings. The van der Waals surface area contributed by atoms with E-state index in [2.05, 4.69) is 0 Å². The van der Waals surface area contributed by atoms with E-state index in [0.29, 0.717) is 36.3 Å². The fourth-order valence-corrected chi connectivity index (χ4v) is 5.32. The average molecular weight is 420 g/mol. The van der Waals surface area contributed by atoms with Crippen molar-refractivity contribution >= 4 is 33.2 Å². The van der Waals surface area contributed by atoms with Crippen molar-refractivity contribution in [3.8, 4) is 0 Å². The number of carbonyl (C=O) groups is 2. The first kappa shape index (κ1) is 20.0. The Labute approximate surface area is 171 Å². The van der Waals surface area contributed by atoms with Crippen LogP contribution in [0.2, 0.25) is 0 Å². The largest absolute Gasteiger partial charge is 0.370 e. The Balaban J connectivity index is 1.92. The van der Waals surface area contributed by atoms with Gasteiger partial charge in [0, 0.05) is 24.4 Å². The van der Waals surface area contributed by atoms with Crippen molar-refractivity contribution in [2.24, 2.45) is 0 Å². The zero-order valence-corrected chi connectivity index (χ0v) is 17.8.